The van der Waals surface area contributed by atoms with Crippen LogP contribution in [-0.2, 0) is 9.59 Å². The second kappa shape index (κ2) is 14.6. The number of anilines is 1. The number of benzodiazepines with no additional fused rings is 1. The maximum absolute atomic E-state index is 12.9. The molecular weight excluding hydrogens is 559 g/mol. The summed E-state index contributed by atoms with van der Waals surface area (Å²) in [5.74, 6) is 5.93. The molecule has 2 unspecified atom stereocenters. The summed E-state index contributed by atoms with van der Waals surface area (Å²) in [4.78, 5) is 30.0. The van der Waals surface area contributed by atoms with E-state index in [1.54, 1.807) is 49.6 Å². The van der Waals surface area contributed by atoms with Crippen molar-refractivity contribution in [1.29, 1.82) is 0 Å². The molecule has 0 aliphatic carbocycles. The molecule has 2 atom stereocenters. The highest BCUT2D eigenvalue weighted by Gasteiger charge is 2.29. The van der Waals surface area contributed by atoms with E-state index in [1.165, 1.54) is 6.08 Å². The molecule has 0 aromatic heterocycles. The Kier molecular flexibility index (Phi) is 10.7. The Labute approximate surface area is 248 Å². The van der Waals surface area contributed by atoms with E-state index < -0.39 is 19.3 Å². The smallest absolute Gasteiger partial charge is 0.488 e. The van der Waals surface area contributed by atoms with Crippen LogP contribution in [0.3, 0.4) is 0 Å². The van der Waals surface area contributed by atoms with Crippen LogP contribution in [0.1, 0.15) is 23.1 Å². The number of nitrogens with zero attached hydrogens (tertiary/aromatic N) is 1. The zero-order valence-corrected chi connectivity index (χ0v) is 23.6. The fourth-order valence-electron chi connectivity index (χ4n) is 4.36. The first kappa shape index (κ1) is 30.8. The fraction of sp³-hybridized carbons (Fsp3) is 0.207. The molecule has 0 radical (unpaired) electrons. The molecular formula is C29H32BClN6O5. The Balaban J connectivity index is 1.38. The molecule has 1 aliphatic rings. The molecule has 2 amide bonds. The minimum Gasteiger partial charge on any atom is -0.497 e. The predicted molar refractivity (Wildman–Crippen MR) is 165 cm³/mol. The topological polar surface area (TPSA) is 170 Å². The number of carbonyl (C=O) groups excluding carboxylic acids is 2. The van der Waals surface area contributed by atoms with Gasteiger partial charge in [0.05, 0.1) is 25.3 Å². The van der Waals surface area contributed by atoms with Gasteiger partial charge in [0, 0.05) is 41.0 Å². The summed E-state index contributed by atoms with van der Waals surface area (Å²) in [6, 6.07) is 18.7. The molecule has 0 spiro atoms. The number of hydrazine groups is 1. The number of hydrogen-bond donors (Lipinski definition) is 7. The molecule has 1 heterocycles. The van der Waals surface area contributed by atoms with Crippen LogP contribution in [0.15, 0.2) is 77.8 Å². The van der Waals surface area contributed by atoms with Gasteiger partial charge < -0.3 is 30.7 Å². The molecule has 0 bridgehead atoms. The van der Waals surface area contributed by atoms with Crippen molar-refractivity contribution in [1.82, 2.24) is 16.1 Å². The first-order valence-corrected chi connectivity index (χ1v) is 13.6. The number of amides is 2. The Morgan fingerprint density at radius 3 is 2.45 bits per heavy atom. The number of fused-ring (bicyclic) bond motifs is 1. The number of benzene rings is 3. The average molecular weight is 591 g/mol. The average Bonchev–Trinajstić information content (AvgIpc) is 3.15. The summed E-state index contributed by atoms with van der Waals surface area (Å²) >= 11 is 6.12. The molecule has 4 rings (SSSR count). The van der Waals surface area contributed by atoms with E-state index in [9.17, 15) is 9.59 Å². The standard InChI is InChI=1S/C29H32BClN6O5/c1-42-22-11-12-24-23(16-22)28(19-5-9-21(31)10-6-19)35-25(29(36-24)37-32)17-27(39)34-15-14-33-26(38)13-4-18-2-7-20(8-3-18)30(40)41/h2-13,16,25,29,36-37,40-41H,14-15,17,32H2,1H3,(H,33,38)(H,34,39). The quantitative estimate of drug-likeness (QED) is 0.0565. The number of ether oxygens (including phenoxy) is 1. The van der Waals surface area contributed by atoms with Crippen LogP contribution in [0, 0.1) is 0 Å². The number of aliphatic imine (C=N–C) groups is 1. The molecule has 8 N–H and O–H groups in total. The van der Waals surface area contributed by atoms with E-state index in [0.29, 0.717) is 21.9 Å². The van der Waals surface area contributed by atoms with Gasteiger partial charge in [0.25, 0.3) is 0 Å². The van der Waals surface area contributed by atoms with Gasteiger partial charge in [-0.1, -0.05) is 48.0 Å². The zero-order valence-electron chi connectivity index (χ0n) is 22.9. The normalized spacial score (nSPS) is 16.1. The monoisotopic (exact) mass is 590 g/mol. The van der Waals surface area contributed by atoms with Crippen LogP contribution >= 0.6 is 11.6 Å². The van der Waals surface area contributed by atoms with Crippen LogP contribution in [-0.4, -0.2) is 67.1 Å². The number of methoxy groups -OCH3 is 1. The molecule has 0 saturated heterocycles. The van der Waals surface area contributed by atoms with Gasteiger partial charge in [0.2, 0.25) is 11.8 Å². The molecule has 0 saturated carbocycles. The third-order valence-corrected chi connectivity index (χ3v) is 6.82. The van der Waals surface area contributed by atoms with Gasteiger partial charge in [-0.2, -0.15) is 0 Å². The SMILES string of the molecule is COc1ccc2c(c1)C(c1ccc(Cl)cc1)=NC(CC(=O)NCCNC(=O)C=Cc1ccc(B(O)O)cc1)C(NN)N2. The second-order valence-electron chi connectivity index (χ2n) is 9.47. The van der Waals surface area contributed by atoms with Gasteiger partial charge in [-0.05, 0) is 47.4 Å². The molecule has 3 aromatic carbocycles. The number of carbonyl (C=O) groups is 2. The van der Waals surface area contributed by atoms with E-state index >= 15 is 0 Å². The van der Waals surface area contributed by atoms with Crippen molar-refractivity contribution in [3.8, 4) is 5.75 Å². The van der Waals surface area contributed by atoms with Crippen molar-refractivity contribution in [3.63, 3.8) is 0 Å². The van der Waals surface area contributed by atoms with Gasteiger partial charge in [-0.15, -0.1) is 0 Å². The van der Waals surface area contributed by atoms with Crippen molar-refractivity contribution in [3.05, 3.63) is 94.5 Å². The Hall–Kier alpha value is -4.20. The van der Waals surface area contributed by atoms with E-state index in [1.807, 2.05) is 30.3 Å². The lowest BCUT2D eigenvalue weighted by Crippen LogP contribution is -2.50. The summed E-state index contributed by atoms with van der Waals surface area (Å²) in [5, 5.41) is 27.8. The third-order valence-electron chi connectivity index (χ3n) is 6.57. The number of halogens is 1. The minimum absolute atomic E-state index is 0.0243. The summed E-state index contributed by atoms with van der Waals surface area (Å²) in [5.41, 5.74) is 6.85. The van der Waals surface area contributed by atoms with Crippen molar-refractivity contribution >= 4 is 53.5 Å². The Bertz CT molecular complexity index is 1450. The molecule has 1 aliphatic heterocycles. The summed E-state index contributed by atoms with van der Waals surface area (Å²) in [6.45, 7) is 0.435. The number of rotatable bonds is 11. The number of hydrogen-bond acceptors (Lipinski definition) is 9. The molecule has 218 valence electrons. The largest absolute Gasteiger partial charge is 0.497 e. The highest BCUT2D eigenvalue weighted by molar-refractivity contribution is 6.58. The second-order valence-corrected chi connectivity index (χ2v) is 9.91. The lowest BCUT2D eigenvalue weighted by molar-refractivity contribution is -0.122. The summed E-state index contributed by atoms with van der Waals surface area (Å²) in [7, 11) is 0.0428. The van der Waals surface area contributed by atoms with Crippen molar-refractivity contribution < 1.29 is 24.4 Å². The lowest BCUT2D eigenvalue weighted by Gasteiger charge is -2.23. The Morgan fingerprint density at radius 2 is 1.79 bits per heavy atom. The van der Waals surface area contributed by atoms with E-state index in [-0.39, 0.29) is 31.3 Å². The van der Waals surface area contributed by atoms with Crippen molar-refractivity contribution in [2.75, 3.05) is 25.5 Å². The van der Waals surface area contributed by atoms with Gasteiger partial charge in [0.1, 0.15) is 11.9 Å². The molecule has 0 fully saturated rings. The maximum atomic E-state index is 12.9. The van der Waals surface area contributed by atoms with E-state index in [2.05, 4.69) is 21.4 Å². The van der Waals surface area contributed by atoms with E-state index in [4.69, 9.17) is 37.2 Å². The molecule has 3 aromatic rings. The summed E-state index contributed by atoms with van der Waals surface area (Å²) in [6.07, 6.45) is 2.44. The van der Waals surface area contributed by atoms with E-state index in [0.717, 1.165) is 22.4 Å². The number of nitrogens with one attached hydrogen (secondary N) is 4. The molecule has 11 nitrogen and oxygen atoms in total. The predicted octanol–water partition coefficient (Wildman–Crippen LogP) is 0.785. The van der Waals surface area contributed by atoms with Gasteiger partial charge in [-0.25, -0.2) is 5.43 Å². The molecule has 13 heteroatoms. The lowest BCUT2D eigenvalue weighted by atomic mass is 9.80. The molecule has 42 heavy (non-hydrogen) atoms. The van der Waals surface area contributed by atoms with Crippen molar-refractivity contribution in [2.45, 2.75) is 18.6 Å². The first-order chi connectivity index (χ1) is 20.3. The van der Waals surface area contributed by atoms with Crippen molar-refractivity contribution in [2.24, 2.45) is 10.8 Å². The van der Waals surface area contributed by atoms with Crippen LogP contribution in [0.5, 0.6) is 5.75 Å². The van der Waals surface area contributed by atoms with Gasteiger partial charge in [-0.3, -0.25) is 20.4 Å². The maximum Gasteiger partial charge on any atom is 0.488 e. The van der Waals surface area contributed by atoms with Crippen LogP contribution in [0.2, 0.25) is 5.02 Å². The Morgan fingerprint density at radius 1 is 1.07 bits per heavy atom. The highest BCUT2D eigenvalue weighted by atomic mass is 35.5. The number of nitrogens with two attached hydrogens (primary N) is 1. The zero-order chi connectivity index (χ0) is 30.1. The van der Waals surface area contributed by atoms with Gasteiger partial charge in [0.15, 0.2) is 0 Å². The van der Waals surface area contributed by atoms with Crippen LogP contribution in [0.25, 0.3) is 6.08 Å². The third kappa shape index (κ3) is 8.18. The summed E-state index contributed by atoms with van der Waals surface area (Å²) < 4.78 is 5.43. The highest BCUT2D eigenvalue weighted by Crippen LogP contribution is 2.30. The first-order valence-electron chi connectivity index (χ1n) is 13.2. The van der Waals surface area contributed by atoms with Gasteiger partial charge >= 0.3 is 7.12 Å². The minimum atomic E-state index is -1.55. The van der Waals surface area contributed by atoms with Crippen LogP contribution in [0.4, 0.5) is 5.69 Å². The fourth-order valence-corrected chi connectivity index (χ4v) is 4.49. The van der Waals surface area contributed by atoms with Crippen LogP contribution < -0.4 is 37.4 Å².